The first-order chi connectivity index (χ1) is 6.86. The van der Waals surface area contributed by atoms with Crippen molar-refractivity contribution in [1.29, 1.82) is 0 Å². The Hall–Kier alpha value is -1.77. The van der Waals surface area contributed by atoms with Crippen LogP contribution in [0, 0.1) is 0 Å². The van der Waals surface area contributed by atoms with E-state index in [1.165, 1.54) is 5.56 Å². The van der Waals surface area contributed by atoms with Crippen LogP contribution in [0.1, 0.15) is 5.56 Å². The van der Waals surface area contributed by atoms with Gasteiger partial charge in [-0.3, -0.25) is 0 Å². The van der Waals surface area contributed by atoms with E-state index in [4.69, 9.17) is 5.73 Å². The van der Waals surface area contributed by atoms with Gasteiger partial charge in [0.1, 0.15) is 0 Å². The average Bonchev–Trinajstić information content (AvgIpc) is 2.63. The Morgan fingerprint density at radius 3 is 2.64 bits per heavy atom. The van der Waals surface area contributed by atoms with Crippen molar-refractivity contribution in [3.63, 3.8) is 0 Å². The summed E-state index contributed by atoms with van der Waals surface area (Å²) in [5.74, 6) is 0.584. The van der Waals surface area contributed by atoms with Gasteiger partial charge in [0.25, 0.3) is 0 Å². The van der Waals surface area contributed by atoms with E-state index in [1.807, 2.05) is 29.0 Å². The summed E-state index contributed by atoms with van der Waals surface area (Å²) in [4.78, 5) is 3.97. The first kappa shape index (κ1) is 8.81. The Balaban J connectivity index is 1.99. The Bertz CT molecular complexity index is 392. The molecule has 0 aliphatic rings. The van der Waals surface area contributed by atoms with Crippen molar-refractivity contribution in [2.75, 3.05) is 5.73 Å². The molecule has 14 heavy (non-hydrogen) atoms. The fraction of sp³-hybridized carbons (Fsp3) is 0.182. The second kappa shape index (κ2) is 3.96. The lowest BCUT2D eigenvalue weighted by Gasteiger charge is -2.04. The van der Waals surface area contributed by atoms with E-state index in [0.717, 1.165) is 13.0 Å². The average molecular weight is 187 g/mol. The summed E-state index contributed by atoms with van der Waals surface area (Å²) in [6.07, 6.45) is 4.61. The van der Waals surface area contributed by atoms with Gasteiger partial charge in [0.05, 0.1) is 0 Å². The summed E-state index contributed by atoms with van der Waals surface area (Å²) in [5.41, 5.74) is 6.98. The van der Waals surface area contributed by atoms with Gasteiger partial charge in [-0.05, 0) is 12.0 Å². The minimum atomic E-state index is 0.584. The summed E-state index contributed by atoms with van der Waals surface area (Å²) in [6.45, 7) is 0.885. The number of hydrogen-bond acceptors (Lipinski definition) is 2. The quantitative estimate of drug-likeness (QED) is 0.795. The second-order valence-electron chi connectivity index (χ2n) is 3.21. The molecule has 0 aliphatic heterocycles. The summed E-state index contributed by atoms with van der Waals surface area (Å²) in [5, 5.41) is 0. The van der Waals surface area contributed by atoms with E-state index in [1.54, 1.807) is 6.20 Å². The molecule has 1 aromatic heterocycles. The Morgan fingerprint density at radius 2 is 2.00 bits per heavy atom. The standard InChI is InChI=1S/C11H13N3/c12-11-13-7-9-14(11)8-6-10-4-2-1-3-5-10/h1-5,7,9H,6,8H2,(H2,12,13). The highest BCUT2D eigenvalue weighted by Gasteiger charge is 1.97. The van der Waals surface area contributed by atoms with Crippen LogP contribution < -0.4 is 5.73 Å². The molecule has 0 fully saturated rings. The van der Waals surface area contributed by atoms with E-state index >= 15 is 0 Å². The van der Waals surface area contributed by atoms with Gasteiger partial charge in [0, 0.05) is 18.9 Å². The summed E-state index contributed by atoms with van der Waals surface area (Å²) < 4.78 is 1.95. The van der Waals surface area contributed by atoms with Crippen LogP contribution in [0.3, 0.4) is 0 Å². The predicted molar refractivity (Wildman–Crippen MR) is 56.8 cm³/mol. The summed E-state index contributed by atoms with van der Waals surface area (Å²) in [6, 6.07) is 10.4. The predicted octanol–water partition coefficient (Wildman–Crippen LogP) is 1.71. The van der Waals surface area contributed by atoms with Crippen LogP contribution in [-0.4, -0.2) is 9.55 Å². The van der Waals surface area contributed by atoms with Gasteiger partial charge >= 0.3 is 0 Å². The van der Waals surface area contributed by atoms with Crippen LogP contribution in [0.25, 0.3) is 0 Å². The maximum Gasteiger partial charge on any atom is 0.200 e. The van der Waals surface area contributed by atoms with Crippen molar-refractivity contribution in [3.8, 4) is 0 Å². The number of imidazole rings is 1. The van der Waals surface area contributed by atoms with Gasteiger partial charge in [-0.2, -0.15) is 0 Å². The Morgan fingerprint density at radius 1 is 1.21 bits per heavy atom. The van der Waals surface area contributed by atoms with E-state index in [9.17, 15) is 0 Å². The van der Waals surface area contributed by atoms with Gasteiger partial charge in [-0.15, -0.1) is 0 Å². The molecule has 0 bridgehead atoms. The highest BCUT2D eigenvalue weighted by molar-refractivity contribution is 5.18. The van der Waals surface area contributed by atoms with Crippen molar-refractivity contribution in [3.05, 3.63) is 48.3 Å². The van der Waals surface area contributed by atoms with Crippen LogP contribution in [0.4, 0.5) is 5.95 Å². The zero-order chi connectivity index (χ0) is 9.80. The molecule has 0 radical (unpaired) electrons. The van der Waals surface area contributed by atoms with Crippen molar-refractivity contribution in [1.82, 2.24) is 9.55 Å². The highest BCUT2D eigenvalue weighted by atomic mass is 15.1. The molecule has 0 saturated heterocycles. The van der Waals surface area contributed by atoms with Gasteiger partial charge in [-0.1, -0.05) is 30.3 Å². The normalized spacial score (nSPS) is 10.3. The monoisotopic (exact) mass is 187 g/mol. The number of benzene rings is 1. The molecular formula is C11H13N3. The molecule has 72 valence electrons. The molecule has 1 aromatic carbocycles. The fourth-order valence-electron chi connectivity index (χ4n) is 1.42. The zero-order valence-electron chi connectivity index (χ0n) is 7.93. The van der Waals surface area contributed by atoms with Gasteiger partial charge in [0.2, 0.25) is 0 Å². The molecular weight excluding hydrogens is 174 g/mol. The smallest absolute Gasteiger partial charge is 0.200 e. The maximum absolute atomic E-state index is 5.66. The number of aryl methyl sites for hydroxylation is 2. The Labute approximate surface area is 83.2 Å². The largest absolute Gasteiger partial charge is 0.369 e. The molecule has 0 unspecified atom stereocenters. The molecule has 0 saturated carbocycles. The molecule has 0 aliphatic carbocycles. The van der Waals surface area contributed by atoms with Gasteiger partial charge in [0.15, 0.2) is 5.95 Å². The third kappa shape index (κ3) is 1.93. The van der Waals surface area contributed by atoms with Crippen LogP contribution in [0.5, 0.6) is 0 Å². The zero-order valence-corrected chi connectivity index (χ0v) is 7.93. The fourth-order valence-corrected chi connectivity index (χ4v) is 1.42. The second-order valence-corrected chi connectivity index (χ2v) is 3.21. The lowest BCUT2D eigenvalue weighted by Crippen LogP contribution is -2.04. The molecule has 1 heterocycles. The molecule has 3 heteroatoms. The van der Waals surface area contributed by atoms with E-state index in [0.29, 0.717) is 5.95 Å². The van der Waals surface area contributed by atoms with Crippen molar-refractivity contribution >= 4 is 5.95 Å². The third-order valence-electron chi connectivity index (χ3n) is 2.23. The molecule has 0 atom stereocenters. The van der Waals surface area contributed by atoms with E-state index in [2.05, 4.69) is 17.1 Å². The first-order valence-corrected chi connectivity index (χ1v) is 4.67. The summed E-state index contributed by atoms with van der Waals surface area (Å²) >= 11 is 0. The van der Waals surface area contributed by atoms with Crippen LogP contribution in [-0.2, 0) is 13.0 Å². The van der Waals surface area contributed by atoms with Crippen LogP contribution >= 0.6 is 0 Å². The van der Waals surface area contributed by atoms with Crippen molar-refractivity contribution < 1.29 is 0 Å². The molecule has 2 aromatic rings. The Kier molecular flexibility index (Phi) is 2.49. The first-order valence-electron chi connectivity index (χ1n) is 4.67. The molecule has 2 rings (SSSR count). The number of rotatable bonds is 3. The summed E-state index contributed by atoms with van der Waals surface area (Å²) in [7, 11) is 0. The molecule has 0 amide bonds. The topological polar surface area (TPSA) is 43.8 Å². The maximum atomic E-state index is 5.66. The number of nitrogen functional groups attached to an aromatic ring is 1. The van der Waals surface area contributed by atoms with Gasteiger partial charge < -0.3 is 10.3 Å². The van der Waals surface area contributed by atoms with Crippen LogP contribution in [0.15, 0.2) is 42.7 Å². The highest BCUT2D eigenvalue weighted by Crippen LogP contribution is 2.04. The number of hydrogen-bond donors (Lipinski definition) is 1. The lowest BCUT2D eigenvalue weighted by molar-refractivity contribution is 0.706. The molecule has 2 N–H and O–H groups in total. The van der Waals surface area contributed by atoms with Gasteiger partial charge in [-0.25, -0.2) is 4.98 Å². The minimum Gasteiger partial charge on any atom is -0.369 e. The van der Waals surface area contributed by atoms with Crippen molar-refractivity contribution in [2.24, 2.45) is 0 Å². The molecule has 3 nitrogen and oxygen atoms in total. The number of anilines is 1. The lowest BCUT2D eigenvalue weighted by atomic mass is 10.1. The van der Waals surface area contributed by atoms with E-state index < -0.39 is 0 Å². The number of nitrogens with two attached hydrogens (primary N) is 1. The SMILES string of the molecule is Nc1nccn1CCc1ccccc1. The van der Waals surface area contributed by atoms with Crippen molar-refractivity contribution in [2.45, 2.75) is 13.0 Å². The molecule has 0 spiro atoms. The number of aromatic nitrogens is 2. The minimum absolute atomic E-state index is 0.584. The van der Waals surface area contributed by atoms with Crippen LogP contribution in [0.2, 0.25) is 0 Å². The van der Waals surface area contributed by atoms with E-state index in [-0.39, 0.29) is 0 Å². The number of nitrogens with zero attached hydrogens (tertiary/aromatic N) is 2. The third-order valence-corrected chi connectivity index (χ3v) is 2.23.